The zero-order valence-corrected chi connectivity index (χ0v) is 22.7. The molecule has 0 unspecified atom stereocenters. The summed E-state index contributed by atoms with van der Waals surface area (Å²) in [6.45, 7) is 14.1. The second-order valence-corrected chi connectivity index (χ2v) is 11.9. The Balaban J connectivity index is 1.95. The van der Waals surface area contributed by atoms with Gasteiger partial charge in [-0.05, 0) is 69.3 Å². The molecule has 0 aliphatic heterocycles. The highest BCUT2D eigenvalue weighted by Gasteiger charge is 2.43. The van der Waals surface area contributed by atoms with Gasteiger partial charge in [-0.15, -0.1) is 0 Å². The summed E-state index contributed by atoms with van der Waals surface area (Å²) in [6, 6.07) is 19.2. The summed E-state index contributed by atoms with van der Waals surface area (Å²) in [6.07, 6.45) is 13.2. The first-order valence-corrected chi connectivity index (χ1v) is 14.0. The van der Waals surface area contributed by atoms with E-state index >= 15 is 0 Å². The summed E-state index contributed by atoms with van der Waals surface area (Å²) >= 11 is 0. The predicted octanol–water partition coefficient (Wildman–Crippen LogP) is 10.7. The van der Waals surface area contributed by atoms with Crippen molar-refractivity contribution in [3.63, 3.8) is 0 Å². The maximum absolute atomic E-state index is 2.61. The first-order chi connectivity index (χ1) is 16.3. The lowest BCUT2D eigenvalue weighted by molar-refractivity contribution is 0.400. The van der Waals surface area contributed by atoms with Crippen molar-refractivity contribution in [1.29, 1.82) is 0 Å². The Morgan fingerprint density at radius 2 is 1.29 bits per heavy atom. The molecule has 4 rings (SSSR count). The number of hydrogen-bond acceptors (Lipinski definition) is 0. The maximum Gasteiger partial charge on any atom is 0.0215 e. The third-order valence-corrected chi connectivity index (χ3v) is 8.35. The fraction of sp³-hybridized carbons (Fsp3) is 0.529. The molecule has 0 radical (unpaired) electrons. The van der Waals surface area contributed by atoms with Crippen molar-refractivity contribution in [2.24, 2.45) is 0 Å². The van der Waals surface area contributed by atoms with Crippen LogP contribution in [0.25, 0.3) is 21.9 Å². The molecule has 0 spiro atoms. The number of benzene rings is 3. The Hall–Kier alpha value is -2.08. The molecule has 0 fully saturated rings. The molecular weight excluding hydrogens is 408 g/mol. The molecule has 182 valence electrons. The Kier molecular flexibility index (Phi) is 7.56. The Bertz CT molecular complexity index is 1110. The van der Waals surface area contributed by atoms with Gasteiger partial charge < -0.3 is 0 Å². The molecule has 0 saturated heterocycles. The molecule has 0 atom stereocenters. The van der Waals surface area contributed by atoms with E-state index in [0.717, 1.165) is 0 Å². The lowest BCUT2D eigenvalue weighted by atomic mass is 9.69. The largest absolute Gasteiger partial charge is 0.0654 e. The van der Waals surface area contributed by atoms with E-state index in [-0.39, 0.29) is 10.8 Å². The minimum Gasteiger partial charge on any atom is -0.0654 e. The second kappa shape index (κ2) is 10.3. The van der Waals surface area contributed by atoms with Crippen molar-refractivity contribution in [2.45, 2.75) is 117 Å². The van der Waals surface area contributed by atoms with E-state index in [0.29, 0.717) is 0 Å². The van der Waals surface area contributed by atoms with Gasteiger partial charge in [0.15, 0.2) is 0 Å². The van der Waals surface area contributed by atoms with Gasteiger partial charge in [-0.2, -0.15) is 0 Å². The molecule has 1 aliphatic carbocycles. The molecule has 34 heavy (non-hydrogen) atoms. The molecule has 0 N–H and O–H groups in total. The van der Waals surface area contributed by atoms with Gasteiger partial charge in [0, 0.05) is 5.41 Å². The molecule has 0 saturated carbocycles. The third kappa shape index (κ3) is 4.58. The monoisotopic (exact) mass is 454 g/mol. The number of hydrogen-bond donors (Lipinski definition) is 0. The number of fused-ring (bicyclic) bond motifs is 5. The fourth-order valence-electron chi connectivity index (χ4n) is 6.36. The topological polar surface area (TPSA) is 0 Å². The molecule has 0 amide bonds. The summed E-state index contributed by atoms with van der Waals surface area (Å²) in [4.78, 5) is 0. The molecule has 0 heteroatoms. The molecule has 0 aromatic heterocycles. The van der Waals surface area contributed by atoms with Gasteiger partial charge in [-0.3, -0.25) is 0 Å². The van der Waals surface area contributed by atoms with Crippen molar-refractivity contribution < 1.29 is 0 Å². The molecule has 0 nitrogen and oxygen atoms in total. The van der Waals surface area contributed by atoms with E-state index in [1.54, 1.807) is 11.1 Å². The van der Waals surface area contributed by atoms with Crippen LogP contribution in [0.4, 0.5) is 0 Å². The molecule has 0 bridgehead atoms. The third-order valence-electron chi connectivity index (χ3n) is 8.35. The van der Waals surface area contributed by atoms with Crippen LogP contribution in [0.2, 0.25) is 0 Å². The lowest BCUT2D eigenvalue weighted by Crippen LogP contribution is -2.26. The van der Waals surface area contributed by atoms with Crippen LogP contribution in [0.1, 0.15) is 121 Å². The minimum atomic E-state index is 0.155. The first-order valence-electron chi connectivity index (χ1n) is 14.0. The van der Waals surface area contributed by atoms with Crippen molar-refractivity contribution in [3.8, 4) is 11.1 Å². The van der Waals surface area contributed by atoms with Gasteiger partial charge in [-0.25, -0.2) is 0 Å². The zero-order chi connectivity index (χ0) is 24.3. The van der Waals surface area contributed by atoms with Gasteiger partial charge >= 0.3 is 0 Å². The van der Waals surface area contributed by atoms with E-state index < -0.39 is 0 Å². The summed E-state index contributed by atoms with van der Waals surface area (Å²) in [5.41, 5.74) is 9.51. The quantitative estimate of drug-likeness (QED) is 0.267. The van der Waals surface area contributed by atoms with Gasteiger partial charge in [0.05, 0.1) is 0 Å². The van der Waals surface area contributed by atoms with Crippen LogP contribution in [0.15, 0.2) is 48.5 Å². The Morgan fingerprint density at radius 3 is 1.88 bits per heavy atom. The molecule has 0 heterocycles. The van der Waals surface area contributed by atoms with Gasteiger partial charge in [0.2, 0.25) is 0 Å². The van der Waals surface area contributed by atoms with Crippen LogP contribution in [0, 0.1) is 6.92 Å². The van der Waals surface area contributed by atoms with Crippen LogP contribution in [-0.4, -0.2) is 0 Å². The maximum atomic E-state index is 2.61. The van der Waals surface area contributed by atoms with Crippen LogP contribution in [0.3, 0.4) is 0 Å². The van der Waals surface area contributed by atoms with Gasteiger partial charge in [0.1, 0.15) is 0 Å². The molecular formula is C34H46. The lowest BCUT2D eigenvalue weighted by Gasteiger charge is -2.34. The minimum absolute atomic E-state index is 0.155. The zero-order valence-electron chi connectivity index (χ0n) is 22.7. The van der Waals surface area contributed by atoms with Crippen molar-refractivity contribution >= 4 is 10.8 Å². The molecule has 3 aromatic carbocycles. The Labute approximate surface area is 209 Å². The number of rotatable bonds is 10. The van der Waals surface area contributed by atoms with E-state index in [1.807, 2.05) is 0 Å². The van der Waals surface area contributed by atoms with Crippen LogP contribution in [0.5, 0.6) is 0 Å². The highest BCUT2D eigenvalue weighted by molar-refractivity contribution is 6.04. The van der Waals surface area contributed by atoms with E-state index in [9.17, 15) is 0 Å². The average molecular weight is 455 g/mol. The summed E-state index contributed by atoms with van der Waals surface area (Å²) in [7, 11) is 0. The molecule has 1 aliphatic rings. The summed E-state index contributed by atoms with van der Waals surface area (Å²) in [5, 5.41) is 2.87. The fourth-order valence-corrected chi connectivity index (χ4v) is 6.36. The SMILES string of the molecule is CCCCCCC1(CCCCCC)c2cc(C(C)(C)C)ccc2-c2c1cc(C)c1ccccc21. The summed E-state index contributed by atoms with van der Waals surface area (Å²) < 4.78 is 0. The van der Waals surface area contributed by atoms with Crippen molar-refractivity contribution in [1.82, 2.24) is 0 Å². The van der Waals surface area contributed by atoms with E-state index in [4.69, 9.17) is 0 Å². The van der Waals surface area contributed by atoms with Gasteiger partial charge in [0.25, 0.3) is 0 Å². The second-order valence-electron chi connectivity index (χ2n) is 11.9. The van der Waals surface area contributed by atoms with Crippen molar-refractivity contribution in [2.75, 3.05) is 0 Å². The summed E-state index contributed by atoms with van der Waals surface area (Å²) in [5.74, 6) is 0. The standard InChI is InChI=1S/C34H46/c1-7-9-11-15-21-34(22-16-12-10-8-2)30-24-26(33(4,5)6)19-20-29(30)32-28-18-14-13-17-27(28)25(3)23-31(32)34/h13-14,17-20,23-24H,7-12,15-16,21-22H2,1-6H3. The van der Waals surface area contributed by atoms with Crippen LogP contribution < -0.4 is 0 Å². The van der Waals surface area contributed by atoms with Crippen LogP contribution >= 0.6 is 0 Å². The average Bonchev–Trinajstić information content (AvgIpc) is 3.08. The highest BCUT2D eigenvalue weighted by Crippen LogP contribution is 2.57. The number of aryl methyl sites for hydroxylation is 1. The smallest absolute Gasteiger partial charge is 0.0215 e. The van der Waals surface area contributed by atoms with Gasteiger partial charge in [-0.1, -0.05) is 135 Å². The van der Waals surface area contributed by atoms with Crippen molar-refractivity contribution in [3.05, 3.63) is 70.8 Å². The normalized spacial score (nSPS) is 14.4. The number of unbranched alkanes of at least 4 members (excludes halogenated alkanes) is 6. The van der Waals surface area contributed by atoms with E-state index in [2.05, 4.69) is 90.1 Å². The molecule has 3 aromatic rings. The Morgan fingerprint density at radius 1 is 0.676 bits per heavy atom. The van der Waals surface area contributed by atoms with Crippen LogP contribution in [-0.2, 0) is 10.8 Å². The predicted molar refractivity (Wildman–Crippen MR) is 151 cm³/mol. The highest BCUT2D eigenvalue weighted by atomic mass is 14.5. The first kappa shape index (κ1) is 25.0. The van der Waals surface area contributed by atoms with E-state index in [1.165, 1.54) is 97.2 Å².